The highest BCUT2D eigenvalue weighted by Gasteiger charge is 2.21. The number of rotatable bonds is 40. The van der Waals surface area contributed by atoms with Crippen molar-refractivity contribution in [2.45, 2.75) is 174 Å². The zero-order valence-corrected chi connectivity index (χ0v) is 38.4. The van der Waals surface area contributed by atoms with Crippen LogP contribution in [0.3, 0.4) is 0 Å². The van der Waals surface area contributed by atoms with E-state index in [1.807, 2.05) is 27.2 Å². The summed E-state index contributed by atoms with van der Waals surface area (Å²) in [4.78, 5) is 37.5. The van der Waals surface area contributed by atoms with Crippen LogP contribution >= 0.6 is 7.82 Å². The second kappa shape index (κ2) is 39.9. The number of carbonyl (C=O) groups excluding carboxylic acids is 2. The lowest BCUT2D eigenvalue weighted by Gasteiger charge is -2.28. The molecule has 0 saturated heterocycles. The topological polar surface area (TPSA) is 111 Å². The third-order valence-electron chi connectivity index (χ3n) is 9.21. The van der Waals surface area contributed by atoms with E-state index in [1.165, 1.54) is 64.2 Å². The highest BCUT2D eigenvalue weighted by molar-refractivity contribution is 7.45. The van der Waals surface area contributed by atoms with Crippen molar-refractivity contribution >= 4 is 19.8 Å². The monoisotopic (exact) mass is 834 g/mol. The molecule has 334 valence electrons. The van der Waals surface area contributed by atoms with Gasteiger partial charge in [-0.15, -0.1) is 0 Å². The van der Waals surface area contributed by atoms with Crippen molar-refractivity contribution in [3.63, 3.8) is 0 Å². The van der Waals surface area contributed by atoms with Gasteiger partial charge in [0.1, 0.15) is 19.8 Å². The Bertz CT molecular complexity index is 1220. The summed E-state index contributed by atoms with van der Waals surface area (Å²) in [6.07, 6.45) is 49.4. The highest BCUT2D eigenvalue weighted by Crippen LogP contribution is 2.38. The fourth-order valence-corrected chi connectivity index (χ4v) is 6.41. The Kier molecular flexibility index (Phi) is 38.1. The van der Waals surface area contributed by atoms with Crippen LogP contribution in [0.5, 0.6) is 0 Å². The zero-order valence-electron chi connectivity index (χ0n) is 37.5. The van der Waals surface area contributed by atoms with E-state index in [2.05, 4.69) is 80.7 Å². The van der Waals surface area contributed by atoms with E-state index < -0.39 is 32.5 Å². The molecular formula is C48H84NO8P. The molecule has 0 radical (unpaired) electrons. The lowest BCUT2D eigenvalue weighted by atomic mass is 10.1. The van der Waals surface area contributed by atoms with E-state index in [4.69, 9.17) is 18.5 Å². The number of unbranched alkanes of at least 4 members (excludes halogenated alkanes) is 14. The molecule has 0 fully saturated rings. The Labute approximate surface area is 355 Å². The van der Waals surface area contributed by atoms with Gasteiger partial charge in [-0.05, 0) is 77.0 Å². The summed E-state index contributed by atoms with van der Waals surface area (Å²) in [5.74, 6) is -0.912. The third kappa shape index (κ3) is 43.0. The first-order valence-electron chi connectivity index (χ1n) is 22.6. The largest absolute Gasteiger partial charge is 0.756 e. The average molecular weight is 834 g/mol. The molecule has 0 heterocycles. The quantitative estimate of drug-likeness (QED) is 0.0197. The number of ether oxygens (including phenoxy) is 2. The minimum atomic E-state index is -4.65. The summed E-state index contributed by atoms with van der Waals surface area (Å²) in [5.41, 5.74) is 0. The van der Waals surface area contributed by atoms with E-state index in [1.54, 1.807) is 0 Å². The molecule has 1 unspecified atom stereocenters. The first-order chi connectivity index (χ1) is 28.0. The van der Waals surface area contributed by atoms with Crippen molar-refractivity contribution in [1.29, 1.82) is 0 Å². The lowest BCUT2D eigenvalue weighted by molar-refractivity contribution is -0.870. The maximum absolute atomic E-state index is 12.7. The Morgan fingerprint density at radius 1 is 0.552 bits per heavy atom. The van der Waals surface area contributed by atoms with Gasteiger partial charge in [-0.25, -0.2) is 0 Å². The molecule has 0 spiro atoms. The molecule has 0 bridgehead atoms. The van der Waals surface area contributed by atoms with Gasteiger partial charge in [-0.2, -0.15) is 0 Å². The maximum Gasteiger partial charge on any atom is 0.306 e. The van der Waals surface area contributed by atoms with E-state index in [0.717, 1.165) is 57.8 Å². The van der Waals surface area contributed by atoms with Crippen molar-refractivity contribution in [2.24, 2.45) is 0 Å². The summed E-state index contributed by atoms with van der Waals surface area (Å²) in [7, 11) is 1.12. The predicted molar refractivity (Wildman–Crippen MR) is 240 cm³/mol. The molecule has 10 heteroatoms. The summed E-state index contributed by atoms with van der Waals surface area (Å²) in [5, 5.41) is 0. The predicted octanol–water partition coefficient (Wildman–Crippen LogP) is 12.4. The number of quaternary nitrogens is 1. The molecule has 0 aromatic rings. The van der Waals surface area contributed by atoms with Gasteiger partial charge >= 0.3 is 11.9 Å². The number of likely N-dealkylation sites (N-methyl/N-ethyl adjacent to an activating group) is 1. The maximum atomic E-state index is 12.7. The van der Waals surface area contributed by atoms with Crippen LogP contribution in [0.4, 0.5) is 0 Å². The van der Waals surface area contributed by atoms with E-state index in [-0.39, 0.29) is 26.1 Å². The molecule has 0 aliphatic carbocycles. The number of nitrogens with zero attached hydrogens (tertiary/aromatic N) is 1. The van der Waals surface area contributed by atoms with Crippen molar-refractivity contribution < 1.29 is 42.1 Å². The van der Waals surface area contributed by atoms with E-state index >= 15 is 0 Å². The first-order valence-corrected chi connectivity index (χ1v) is 24.1. The molecule has 9 nitrogen and oxygen atoms in total. The average Bonchev–Trinajstić information content (AvgIpc) is 3.17. The number of esters is 2. The second-order valence-electron chi connectivity index (χ2n) is 16.0. The Hall–Kier alpha value is -2.55. The molecular weight excluding hydrogens is 750 g/mol. The fraction of sp³-hybridized carbons (Fsp3) is 0.708. The number of carbonyl (C=O) groups is 2. The van der Waals surface area contributed by atoms with Gasteiger partial charge in [-0.1, -0.05) is 151 Å². The van der Waals surface area contributed by atoms with Crippen molar-refractivity contribution in [3.8, 4) is 0 Å². The Morgan fingerprint density at radius 3 is 1.53 bits per heavy atom. The molecule has 0 saturated carbocycles. The van der Waals surface area contributed by atoms with Gasteiger partial charge in [0.2, 0.25) is 0 Å². The van der Waals surface area contributed by atoms with Crippen LogP contribution in [0.15, 0.2) is 72.9 Å². The third-order valence-corrected chi connectivity index (χ3v) is 10.2. The fourth-order valence-electron chi connectivity index (χ4n) is 5.68. The molecule has 0 aromatic carbocycles. The van der Waals surface area contributed by atoms with Crippen LogP contribution in [-0.2, 0) is 32.7 Å². The summed E-state index contributed by atoms with van der Waals surface area (Å²) in [6.45, 7) is 4.03. The van der Waals surface area contributed by atoms with Gasteiger partial charge in [-0.3, -0.25) is 14.2 Å². The smallest absolute Gasteiger partial charge is 0.306 e. The summed E-state index contributed by atoms with van der Waals surface area (Å²) < 4.78 is 33.8. The van der Waals surface area contributed by atoms with Gasteiger partial charge in [0.25, 0.3) is 7.82 Å². The van der Waals surface area contributed by atoms with Crippen molar-refractivity contribution in [3.05, 3.63) is 72.9 Å². The minimum Gasteiger partial charge on any atom is -0.756 e. The lowest BCUT2D eigenvalue weighted by Crippen LogP contribution is -2.37. The molecule has 0 amide bonds. The molecule has 2 atom stereocenters. The van der Waals surface area contributed by atoms with Gasteiger partial charge in [0.15, 0.2) is 6.10 Å². The van der Waals surface area contributed by atoms with Gasteiger partial charge < -0.3 is 27.9 Å². The molecule has 0 aliphatic heterocycles. The number of hydrogen-bond donors (Lipinski definition) is 0. The number of allylic oxidation sites excluding steroid dienone is 12. The molecule has 0 aliphatic rings. The number of hydrogen-bond acceptors (Lipinski definition) is 8. The Morgan fingerprint density at radius 2 is 1.00 bits per heavy atom. The minimum absolute atomic E-state index is 0.0454. The Balaban J connectivity index is 4.45. The van der Waals surface area contributed by atoms with Crippen LogP contribution in [0, 0.1) is 0 Å². The van der Waals surface area contributed by atoms with E-state index in [9.17, 15) is 19.0 Å². The van der Waals surface area contributed by atoms with Crippen molar-refractivity contribution in [2.75, 3.05) is 47.5 Å². The number of phosphoric acid groups is 1. The summed E-state index contributed by atoms with van der Waals surface area (Å²) in [6, 6.07) is 0. The van der Waals surface area contributed by atoms with Crippen LogP contribution in [0.1, 0.15) is 168 Å². The number of phosphoric ester groups is 1. The van der Waals surface area contributed by atoms with Gasteiger partial charge in [0, 0.05) is 12.8 Å². The van der Waals surface area contributed by atoms with Crippen LogP contribution < -0.4 is 4.89 Å². The molecule has 58 heavy (non-hydrogen) atoms. The van der Waals surface area contributed by atoms with Gasteiger partial charge in [0.05, 0.1) is 27.7 Å². The molecule has 0 rings (SSSR count). The summed E-state index contributed by atoms with van der Waals surface area (Å²) >= 11 is 0. The van der Waals surface area contributed by atoms with Crippen LogP contribution in [0.25, 0.3) is 0 Å². The van der Waals surface area contributed by atoms with Crippen molar-refractivity contribution in [1.82, 2.24) is 0 Å². The van der Waals surface area contributed by atoms with Crippen LogP contribution in [0.2, 0.25) is 0 Å². The molecule has 0 aromatic heterocycles. The second-order valence-corrected chi connectivity index (χ2v) is 17.4. The van der Waals surface area contributed by atoms with E-state index in [0.29, 0.717) is 30.3 Å². The molecule has 0 N–H and O–H groups in total. The zero-order chi connectivity index (χ0) is 42.8. The normalized spacial score (nSPS) is 14.2. The van der Waals surface area contributed by atoms with Crippen LogP contribution in [-0.4, -0.2) is 70.0 Å². The standard InChI is InChI=1S/C48H84NO8P/c1-6-8-10-12-14-16-18-20-22-24-26-28-30-32-34-36-38-40-47(50)54-44-46(45-56-58(52,53)55-43-42-49(3,4)5)57-48(51)41-39-37-35-33-31-29-27-25-23-21-19-17-15-13-11-9-7-2/h9,11,15,17,20-23,27,29,33,35,46H,6-8,10,12-14,16,18-19,24-26,28,30-32,34,36-45H2,1-5H3/b11-9-,17-15-,22-20-,23-21-,29-27-,35-33-/t46-/m1/s1. The first kappa shape index (κ1) is 55.5. The highest BCUT2D eigenvalue weighted by atomic mass is 31.2. The SMILES string of the molecule is CC/C=C\C/C=C\C/C=C\C/C=C\C/C=C\CCCC(=O)O[C@H](COC(=O)CCCCCCCCC/C=C\CCCCCCCC)COP(=O)([O-])OCC[N+](C)(C)C.